The highest BCUT2D eigenvalue weighted by molar-refractivity contribution is 5.77. The van der Waals surface area contributed by atoms with Crippen LogP contribution in [0.25, 0.3) is 0 Å². The number of rotatable bonds is 2. The molecule has 0 amide bonds. The smallest absolute Gasteiger partial charge is 0.315 e. The first-order chi connectivity index (χ1) is 10.2. The molecule has 0 aromatic rings. The molecule has 1 spiro atoms. The SMILES string of the molecule is C[C@@H]1CC[C@H]2[C@H](C[N+](C)(C)C)C(=O)O[C@]23[C@H]1CC[C@@]1(C)O[C@@H]31. The van der Waals surface area contributed by atoms with Gasteiger partial charge in [-0.1, -0.05) is 6.92 Å². The van der Waals surface area contributed by atoms with E-state index in [1.54, 1.807) is 0 Å². The van der Waals surface area contributed by atoms with Crippen LogP contribution in [0.15, 0.2) is 0 Å². The van der Waals surface area contributed by atoms with Crippen molar-refractivity contribution in [1.29, 1.82) is 0 Å². The van der Waals surface area contributed by atoms with E-state index in [-0.39, 0.29) is 29.2 Å². The largest absolute Gasteiger partial charge is 0.455 e. The van der Waals surface area contributed by atoms with Gasteiger partial charge in [0.1, 0.15) is 17.6 Å². The molecule has 0 radical (unpaired) electrons. The highest BCUT2D eigenvalue weighted by Crippen LogP contribution is 2.66. The van der Waals surface area contributed by atoms with Gasteiger partial charge in [0, 0.05) is 11.8 Å². The normalized spacial score (nSPS) is 53.3. The molecule has 4 heteroatoms. The summed E-state index contributed by atoms with van der Waals surface area (Å²) in [7, 11) is 6.50. The van der Waals surface area contributed by atoms with Crippen LogP contribution in [0.5, 0.6) is 0 Å². The van der Waals surface area contributed by atoms with Crippen LogP contribution in [0.2, 0.25) is 0 Å². The third-order valence-electron chi connectivity index (χ3n) is 6.84. The minimum absolute atomic E-state index is 0.0302. The number of quaternary nitrogens is 1. The fourth-order valence-electron chi connectivity index (χ4n) is 5.85. The Kier molecular flexibility index (Phi) is 2.90. The summed E-state index contributed by atoms with van der Waals surface area (Å²) >= 11 is 0. The van der Waals surface area contributed by atoms with Crippen molar-refractivity contribution in [3.05, 3.63) is 0 Å². The van der Waals surface area contributed by atoms with Gasteiger partial charge in [0.25, 0.3) is 0 Å². The van der Waals surface area contributed by atoms with Gasteiger partial charge in [0.15, 0.2) is 0 Å². The summed E-state index contributed by atoms with van der Waals surface area (Å²) < 4.78 is 13.2. The van der Waals surface area contributed by atoms with Gasteiger partial charge in [-0.15, -0.1) is 0 Å². The van der Waals surface area contributed by atoms with Gasteiger partial charge in [-0.05, 0) is 38.5 Å². The molecule has 4 nitrogen and oxygen atoms in total. The number of epoxide rings is 1. The van der Waals surface area contributed by atoms with Crippen LogP contribution < -0.4 is 0 Å². The molecule has 0 N–H and O–H groups in total. The Bertz CT molecular complexity index is 513. The van der Waals surface area contributed by atoms with Gasteiger partial charge in [-0.25, -0.2) is 0 Å². The molecular formula is C18H30NO3+. The number of hydrogen-bond acceptors (Lipinski definition) is 3. The van der Waals surface area contributed by atoms with Crippen LogP contribution in [-0.2, 0) is 14.3 Å². The minimum atomic E-state index is -0.318. The van der Waals surface area contributed by atoms with E-state index in [0.717, 1.165) is 30.3 Å². The lowest BCUT2D eigenvalue weighted by atomic mass is 9.55. The second-order valence-electron chi connectivity index (χ2n) is 9.47. The summed E-state index contributed by atoms with van der Waals surface area (Å²) in [6, 6.07) is 0. The van der Waals surface area contributed by atoms with E-state index in [1.807, 2.05) is 0 Å². The Morgan fingerprint density at radius 1 is 1.18 bits per heavy atom. The van der Waals surface area contributed by atoms with Crippen LogP contribution in [-0.4, -0.2) is 55.4 Å². The van der Waals surface area contributed by atoms with Crippen LogP contribution >= 0.6 is 0 Å². The zero-order valence-electron chi connectivity index (χ0n) is 14.6. The summed E-state index contributed by atoms with van der Waals surface area (Å²) in [4.78, 5) is 12.8. The highest BCUT2D eigenvalue weighted by Gasteiger charge is 2.77. The van der Waals surface area contributed by atoms with Crippen molar-refractivity contribution in [2.45, 2.75) is 56.8 Å². The van der Waals surface area contributed by atoms with Crippen molar-refractivity contribution >= 4 is 5.97 Å². The number of nitrogens with zero attached hydrogens (tertiary/aromatic N) is 1. The third-order valence-corrected chi connectivity index (χ3v) is 6.84. The number of fused-ring (bicyclic) bond motifs is 1. The molecule has 0 unspecified atom stereocenters. The number of hydrogen-bond donors (Lipinski definition) is 0. The molecule has 124 valence electrons. The average molecular weight is 308 g/mol. The standard InChI is InChI=1S/C18H30NO3/c1-11-6-7-14-12(10-19(3,4)5)15(20)21-18(14)13(11)8-9-17(2)16(18)22-17/h11-14,16H,6-10H2,1-5H3/q+1/t11-,12+,13+,14+,16-,17-,18-/m1/s1. The molecule has 7 atom stereocenters. The fourth-order valence-corrected chi connectivity index (χ4v) is 5.85. The van der Waals surface area contributed by atoms with E-state index in [9.17, 15) is 4.79 Å². The lowest BCUT2D eigenvalue weighted by Crippen LogP contribution is -2.58. The van der Waals surface area contributed by atoms with Gasteiger partial charge < -0.3 is 14.0 Å². The van der Waals surface area contributed by atoms with E-state index in [1.165, 1.54) is 6.42 Å². The topological polar surface area (TPSA) is 38.8 Å². The van der Waals surface area contributed by atoms with Crippen LogP contribution in [0.4, 0.5) is 0 Å². The molecule has 0 bridgehead atoms. The molecule has 2 saturated carbocycles. The maximum atomic E-state index is 12.8. The number of ether oxygens (including phenoxy) is 2. The first kappa shape index (κ1) is 14.9. The lowest BCUT2D eigenvalue weighted by molar-refractivity contribution is -0.873. The molecule has 2 aliphatic carbocycles. The Labute approximate surface area is 133 Å². The molecule has 22 heavy (non-hydrogen) atoms. The van der Waals surface area contributed by atoms with Crippen LogP contribution in [0.1, 0.15) is 39.5 Å². The van der Waals surface area contributed by atoms with Crippen molar-refractivity contribution in [3.8, 4) is 0 Å². The summed E-state index contributed by atoms with van der Waals surface area (Å²) in [5.41, 5.74) is -0.348. The van der Waals surface area contributed by atoms with Gasteiger partial charge in [-0.3, -0.25) is 4.79 Å². The number of carbonyl (C=O) groups excluding carboxylic acids is 1. The Morgan fingerprint density at radius 2 is 1.91 bits per heavy atom. The first-order valence-electron chi connectivity index (χ1n) is 8.88. The Balaban J connectivity index is 1.72. The second-order valence-corrected chi connectivity index (χ2v) is 9.47. The monoisotopic (exact) mass is 308 g/mol. The summed E-state index contributed by atoms with van der Waals surface area (Å²) in [5.74, 6) is 1.57. The zero-order chi connectivity index (χ0) is 15.9. The summed E-state index contributed by atoms with van der Waals surface area (Å²) in [5, 5.41) is 0. The maximum Gasteiger partial charge on any atom is 0.315 e. The van der Waals surface area contributed by atoms with Gasteiger partial charge in [0.2, 0.25) is 0 Å². The highest BCUT2D eigenvalue weighted by atomic mass is 16.7. The van der Waals surface area contributed by atoms with Crippen molar-refractivity contribution in [3.63, 3.8) is 0 Å². The maximum absolute atomic E-state index is 12.8. The van der Waals surface area contributed by atoms with E-state index in [2.05, 4.69) is 35.0 Å². The summed E-state index contributed by atoms with van der Waals surface area (Å²) in [6.07, 6.45) is 4.76. The quantitative estimate of drug-likeness (QED) is 0.446. The number of carbonyl (C=O) groups is 1. The van der Waals surface area contributed by atoms with E-state index in [0.29, 0.717) is 17.8 Å². The van der Waals surface area contributed by atoms with Crippen molar-refractivity contribution in [2.75, 3.05) is 27.7 Å². The van der Waals surface area contributed by atoms with Crippen molar-refractivity contribution < 1.29 is 18.8 Å². The molecule has 0 aromatic heterocycles. The lowest BCUT2D eigenvalue weighted by Gasteiger charge is -2.50. The third kappa shape index (κ3) is 1.86. The molecule has 0 aromatic carbocycles. The Hall–Kier alpha value is -0.610. The van der Waals surface area contributed by atoms with Crippen LogP contribution in [0, 0.1) is 23.7 Å². The minimum Gasteiger partial charge on any atom is -0.455 e. The molecule has 4 fully saturated rings. The van der Waals surface area contributed by atoms with Crippen molar-refractivity contribution in [2.24, 2.45) is 23.7 Å². The van der Waals surface area contributed by atoms with Crippen molar-refractivity contribution in [1.82, 2.24) is 0 Å². The Morgan fingerprint density at radius 3 is 2.59 bits per heavy atom. The molecule has 2 heterocycles. The van der Waals surface area contributed by atoms with Gasteiger partial charge in [-0.2, -0.15) is 0 Å². The molecule has 4 aliphatic rings. The van der Waals surface area contributed by atoms with E-state index >= 15 is 0 Å². The van der Waals surface area contributed by atoms with E-state index in [4.69, 9.17) is 9.47 Å². The summed E-state index contributed by atoms with van der Waals surface area (Å²) in [6.45, 7) is 5.42. The average Bonchev–Trinajstić information content (AvgIpc) is 3.02. The van der Waals surface area contributed by atoms with E-state index < -0.39 is 0 Å². The van der Waals surface area contributed by atoms with Gasteiger partial charge >= 0.3 is 5.97 Å². The molecule has 2 saturated heterocycles. The fraction of sp³-hybridized carbons (Fsp3) is 0.944. The van der Waals surface area contributed by atoms with Crippen LogP contribution in [0.3, 0.4) is 0 Å². The molecule has 2 aliphatic heterocycles. The number of esters is 1. The van der Waals surface area contributed by atoms with Gasteiger partial charge in [0.05, 0.1) is 33.3 Å². The molecule has 4 rings (SSSR count). The predicted octanol–water partition coefficient (Wildman–Crippen LogP) is 2.22. The zero-order valence-corrected chi connectivity index (χ0v) is 14.6. The second kappa shape index (κ2) is 4.27. The predicted molar refractivity (Wildman–Crippen MR) is 83.1 cm³/mol. The first-order valence-corrected chi connectivity index (χ1v) is 8.88. The molecular weight excluding hydrogens is 278 g/mol.